The zero-order valence-electron chi connectivity index (χ0n) is 17.7. The van der Waals surface area contributed by atoms with Gasteiger partial charge in [-0.15, -0.1) is 16.8 Å². The molecular formula is C23H26N4O2S. The Kier molecular flexibility index (Phi) is 6.95. The molecule has 1 N–H and O–H groups in total. The molecule has 1 unspecified atom stereocenters. The lowest BCUT2D eigenvalue weighted by Gasteiger charge is -2.15. The summed E-state index contributed by atoms with van der Waals surface area (Å²) < 4.78 is 7.41. The molecule has 0 spiro atoms. The Morgan fingerprint density at radius 2 is 2.03 bits per heavy atom. The number of methoxy groups -OCH3 is 1. The van der Waals surface area contributed by atoms with Crippen LogP contribution < -0.4 is 10.1 Å². The molecule has 0 fully saturated rings. The number of carbonyl (C=O) groups is 1. The summed E-state index contributed by atoms with van der Waals surface area (Å²) >= 11 is 1.36. The standard InChI is InChI=1S/C23H26N4O2S/c1-6-13-27-21(18-9-7-8-10-20(18)29-5)25-26-23(27)30-17(4)22(28)24-19-12-11-15(2)14-16(19)3/h6-12,14,17H,1,13H2,2-5H3,(H,24,28). The third-order valence-corrected chi connectivity index (χ3v) is 5.75. The predicted molar refractivity (Wildman–Crippen MR) is 122 cm³/mol. The zero-order chi connectivity index (χ0) is 21.7. The number of hydrogen-bond acceptors (Lipinski definition) is 5. The van der Waals surface area contributed by atoms with Crippen molar-refractivity contribution in [3.8, 4) is 17.1 Å². The maximum atomic E-state index is 12.8. The van der Waals surface area contributed by atoms with Gasteiger partial charge in [-0.05, 0) is 44.5 Å². The number of para-hydroxylation sites is 1. The molecule has 0 aliphatic rings. The highest BCUT2D eigenvalue weighted by atomic mass is 32.2. The number of aromatic nitrogens is 3. The Labute approximate surface area is 181 Å². The second-order valence-corrected chi connectivity index (χ2v) is 8.28. The molecule has 0 radical (unpaired) electrons. The van der Waals surface area contributed by atoms with E-state index in [-0.39, 0.29) is 11.2 Å². The van der Waals surface area contributed by atoms with E-state index in [4.69, 9.17) is 4.74 Å². The summed E-state index contributed by atoms with van der Waals surface area (Å²) in [6.07, 6.45) is 1.78. The molecule has 3 aromatic rings. The first-order valence-electron chi connectivity index (χ1n) is 9.66. The molecule has 3 rings (SSSR count). The third-order valence-electron chi connectivity index (χ3n) is 4.67. The van der Waals surface area contributed by atoms with Crippen LogP contribution in [0.25, 0.3) is 11.4 Å². The first-order chi connectivity index (χ1) is 14.4. The molecule has 7 heteroatoms. The largest absolute Gasteiger partial charge is 0.496 e. The minimum absolute atomic E-state index is 0.0843. The number of allylic oxidation sites excluding steroid dienone is 1. The van der Waals surface area contributed by atoms with Gasteiger partial charge in [-0.1, -0.05) is 47.7 Å². The van der Waals surface area contributed by atoms with Gasteiger partial charge in [0.05, 0.1) is 17.9 Å². The third kappa shape index (κ3) is 4.74. The van der Waals surface area contributed by atoms with Gasteiger partial charge in [-0.3, -0.25) is 9.36 Å². The van der Waals surface area contributed by atoms with E-state index in [0.717, 1.165) is 22.4 Å². The van der Waals surface area contributed by atoms with E-state index in [0.29, 0.717) is 23.3 Å². The molecule has 6 nitrogen and oxygen atoms in total. The fraction of sp³-hybridized carbons (Fsp3) is 0.261. The van der Waals surface area contributed by atoms with Crippen LogP contribution in [0.5, 0.6) is 5.75 Å². The van der Waals surface area contributed by atoms with E-state index >= 15 is 0 Å². The molecule has 0 aliphatic heterocycles. The van der Waals surface area contributed by atoms with E-state index in [1.807, 2.05) is 67.8 Å². The van der Waals surface area contributed by atoms with E-state index < -0.39 is 0 Å². The second-order valence-electron chi connectivity index (χ2n) is 6.97. The molecule has 1 aromatic heterocycles. The van der Waals surface area contributed by atoms with Crippen LogP contribution in [-0.4, -0.2) is 33.0 Å². The van der Waals surface area contributed by atoms with E-state index in [2.05, 4.69) is 22.1 Å². The highest BCUT2D eigenvalue weighted by Gasteiger charge is 2.22. The van der Waals surface area contributed by atoms with E-state index in [1.165, 1.54) is 11.8 Å². The number of hydrogen-bond donors (Lipinski definition) is 1. The lowest BCUT2D eigenvalue weighted by molar-refractivity contribution is -0.115. The van der Waals surface area contributed by atoms with Gasteiger partial charge in [0.1, 0.15) is 5.75 Å². The highest BCUT2D eigenvalue weighted by molar-refractivity contribution is 8.00. The molecule has 2 aromatic carbocycles. The van der Waals surface area contributed by atoms with Gasteiger partial charge < -0.3 is 10.1 Å². The number of benzene rings is 2. The predicted octanol–water partition coefficient (Wildman–Crippen LogP) is 4.88. The molecule has 1 amide bonds. The van der Waals surface area contributed by atoms with Gasteiger partial charge in [0.25, 0.3) is 0 Å². The zero-order valence-corrected chi connectivity index (χ0v) is 18.5. The highest BCUT2D eigenvalue weighted by Crippen LogP contribution is 2.32. The Hall–Kier alpha value is -3.06. The summed E-state index contributed by atoms with van der Waals surface area (Å²) in [6.45, 7) is 10.2. The van der Waals surface area contributed by atoms with Crippen LogP contribution in [0.3, 0.4) is 0 Å². The van der Waals surface area contributed by atoms with Crippen molar-refractivity contribution in [1.82, 2.24) is 14.8 Å². The molecule has 30 heavy (non-hydrogen) atoms. The van der Waals surface area contributed by atoms with Crippen LogP contribution in [0.1, 0.15) is 18.1 Å². The lowest BCUT2D eigenvalue weighted by atomic mass is 10.1. The lowest BCUT2D eigenvalue weighted by Crippen LogP contribution is -2.23. The van der Waals surface area contributed by atoms with Crippen LogP contribution in [0.15, 0.2) is 60.3 Å². The summed E-state index contributed by atoms with van der Waals surface area (Å²) in [7, 11) is 1.63. The molecule has 0 bridgehead atoms. The van der Waals surface area contributed by atoms with Gasteiger partial charge in [0, 0.05) is 12.2 Å². The van der Waals surface area contributed by atoms with Crippen molar-refractivity contribution in [2.24, 2.45) is 0 Å². The fourth-order valence-electron chi connectivity index (χ4n) is 3.10. The number of amides is 1. The minimum atomic E-state index is -0.357. The average molecular weight is 423 g/mol. The fourth-order valence-corrected chi connectivity index (χ4v) is 3.96. The summed E-state index contributed by atoms with van der Waals surface area (Å²) in [6, 6.07) is 13.6. The number of rotatable bonds is 8. The number of carbonyl (C=O) groups excluding carboxylic acids is 1. The van der Waals surface area contributed by atoms with Gasteiger partial charge in [0.15, 0.2) is 11.0 Å². The topological polar surface area (TPSA) is 69.0 Å². The van der Waals surface area contributed by atoms with Crippen molar-refractivity contribution in [3.63, 3.8) is 0 Å². The van der Waals surface area contributed by atoms with Crippen molar-refractivity contribution in [1.29, 1.82) is 0 Å². The number of nitrogens with zero attached hydrogens (tertiary/aromatic N) is 3. The van der Waals surface area contributed by atoms with Crippen LogP contribution in [-0.2, 0) is 11.3 Å². The van der Waals surface area contributed by atoms with Crippen LogP contribution in [0.4, 0.5) is 5.69 Å². The molecule has 0 aliphatic carbocycles. The minimum Gasteiger partial charge on any atom is -0.496 e. The quantitative estimate of drug-likeness (QED) is 0.414. The molecular weight excluding hydrogens is 396 g/mol. The van der Waals surface area contributed by atoms with Crippen LogP contribution in [0, 0.1) is 13.8 Å². The van der Waals surface area contributed by atoms with Gasteiger partial charge in [-0.2, -0.15) is 0 Å². The smallest absolute Gasteiger partial charge is 0.237 e. The first kappa shape index (κ1) is 21.6. The number of nitrogens with one attached hydrogen (secondary N) is 1. The van der Waals surface area contributed by atoms with Crippen molar-refractivity contribution >= 4 is 23.4 Å². The van der Waals surface area contributed by atoms with Crippen molar-refractivity contribution < 1.29 is 9.53 Å². The van der Waals surface area contributed by atoms with Crippen molar-refractivity contribution in [2.45, 2.75) is 37.7 Å². The second kappa shape index (κ2) is 9.63. The Balaban J connectivity index is 1.82. The normalized spacial score (nSPS) is 11.7. The monoisotopic (exact) mass is 422 g/mol. The SMILES string of the molecule is C=CCn1c(SC(C)C(=O)Nc2ccc(C)cc2C)nnc1-c1ccccc1OC. The maximum Gasteiger partial charge on any atom is 0.237 e. The summed E-state index contributed by atoms with van der Waals surface area (Å²) in [5, 5.41) is 12.0. The Morgan fingerprint density at radius 3 is 2.73 bits per heavy atom. The van der Waals surface area contributed by atoms with E-state index in [1.54, 1.807) is 13.2 Å². The molecule has 0 saturated carbocycles. The van der Waals surface area contributed by atoms with E-state index in [9.17, 15) is 4.79 Å². The Morgan fingerprint density at radius 1 is 1.27 bits per heavy atom. The number of aryl methyl sites for hydroxylation is 2. The summed E-state index contributed by atoms with van der Waals surface area (Å²) in [5.74, 6) is 1.31. The molecule has 0 saturated heterocycles. The van der Waals surface area contributed by atoms with Crippen molar-refractivity contribution in [2.75, 3.05) is 12.4 Å². The summed E-state index contributed by atoms with van der Waals surface area (Å²) in [5.41, 5.74) is 3.86. The van der Waals surface area contributed by atoms with Gasteiger partial charge in [-0.25, -0.2) is 0 Å². The maximum absolute atomic E-state index is 12.8. The molecule has 1 atom stereocenters. The number of anilines is 1. The average Bonchev–Trinajstić information content (AvgIpc) is 3.12. The van der Waals surface area contributed by atoms with Crippen LogP contribution in [0.2, 0.25) is 0 Å². The Bertz CT molecular complexity index is 1060. The van der Waals surface area contributed by atoms with Crippen molar-refractivity contribution in [3.05, 3.63) is 66.2 Å². The molecule has 1 heterocycles. The van der Waals surface area contributed by atoms with Crippen LogP contribution >= 0.6 is 11.8 Å². The first-order valence-corrected chi connectivity index (χ1v) is 10.5. The summed E-state index contributed by atoms with van der Waals surface area (Å²) in [4.78, 5) is 12.8. The number of thioether (sulfide) groups is 1. The van der Waals surface area contributed by atoms with Gasteiger partial charge >= 0.3 is 0 Å². The molecule has 156 valence electrons. The number of ether oxygens (including phenoxy) is 1. The van der Waals surface area contributed by atoms with Gasteiger partial charge in [0.2, 0.25) is 5.91 Å².